The number of nitrogens with zero attached hydrogens (tertiary/aromatic N) is 5. The molecule has 0 spiro atoms. The molecule has 1 fully saturated rings. The summed E-state index contributed by atoms with van der Waals surface area (Å²) < 4.78 is 1.99. The second-order valence-electron chi connectivity index (χ2n) is 7.63. The summed E-state index contributed by atoms with van der Waals surface area (Å²) in [5, 5.41) is 1.12. The van der Waals surface area contributed by atoms with Crippen molar-refractivity contribution in [1.29, 1.82) is 0 Å². The number of nitrogens with one attached hydrogen (secondary N) is 1. The molecule has 7 nitrogen and oxygen atoms in total. The summed E-state index contributed by atoms with van der Waals surface area (Å²) in [7, 11) is 0. The predicted molar refractivity (Wildman–Crippen MR) is 117 cm³/mol. The van der Waals surface area contributed by atoms with Gasteiger partial charge in [0.2, 0.25) is 5.91 Å². The molecule has 1 saturated heterocycles. The van der Waals surface area contributed by atoms with Gasteiger partial charge in [-0.15, -0.1) is 0 Å². The van der Waals surface area contributed by atoms with Gasteiger partial charge in [0.05, 0.1) is 6.42 Å². The first kappa shape index (κ1) is 18.4. The molecule has 152 valence electrons. The highest BCUT2D eigenvalue weighted by atomic mass is 16.2. The molecule has 0 aliphatic carbocycles. The van der Waals surface area contributed by atoms with E-state index >= 15 is 0 Å². The summed E-state index contributed by atoms with van der Waals surface area (Å²) in [6.07, 6.45) is 6.33. The van der Waals surface area contributed by atoms with Crippen LogP contribution in [0.25, 0.3) is 16.7 Å². The van der Waals surface area contributed by atoms with Gasteiger partial charge in [-0.2, -0.15) is 0 Å². The molecule has 0 unspecified atom stereocenters. The van der Waals surface area contributed by atoms with E-state index in [1.165, 1.54) is 0 Å². The first-order valence-electron chi connectivity index (χ1n) is 10.2. The van der Waals surface area contributed by atoms with Crippen molar-refractivity contribution in [1.82, 2.24) is 24.4 Å². The number of amides is 1. The van der Waals surface area contributed by atoms with Crippen LogP contribution in [-0.4, -0.2) is 56.5 Å². The van der Waals surface area contributed by atoms with Crippen LogP contribution in [0, 0.1) is 6.92 Å². The van der Waals surface area contributed by atoms with E-state index in [0.717, 1.165) is 47.0 Å². The Morgan fingerprint density at radius 3 is 2.53 bits per heavy atom. The Kier molecular flexibility index (Phi) is 4.71. The van der Waals surface area contributed by atoms with Crippen LogP contribution in [-0.2, 0) is 11.2 Å². The first-order chi connectivity index (χ1) is 14.7. The smallest absolute Gasteiger partial charge is 0.227 e. The van der Waals surface area contributed by atoms with Gasteiger partial charge < -0.3 is 19.4 Å². The van der Waals surface area contributed by atoms with Crippen LogP contribution >= 0.6 is 0 Å². The molecule has 7 heteroatoms. The quantitative estimate of drug-likeness (QED) is 0.572. The molecule has 5 rings (SSSR count). The Bertz CT molecular complexity index is 1170. The normalized spacial score (nSPS) is 14.4. The van der Waals surface area contributed by atoms with Gasteiger partial charge in [-0.25, -0.2) is 9.97 Å². The van der Waals surface area contributed by atoms with Gasteiger partial charge in [0.25, 0.3) is 0 Å². The van der Waals surface area contributed by atoms with Gasteiger partial charge in [0, 0.05) is 61.7 Å². The molecule has 3 aromatic heterocycles. The maximum atomic E-state index is 12.9. The molecule has 4 heterocycles. The van der Waals surface area contributed by atoms with Gasteiger partial charge in [0.15, 0.2) is 0 Å². The van der Waals surface area contributed by atoms with Crippen molar-refractivity contribution >= 4 is 22.6 Å². The van der Waals surface area contributed by atoms with E-state index in [9.17, 15) is 4.79 Å². The monoisotopic (exact) mass is 400 g/mol. The fourth-order valence-electron chi connectivity index (χ4n) is 4.06. The van der Waals surface area contributed by atoms with E-state index in [1.807, 2.05) is 71.4 Å². The number of aryl methyl sites for hydroxylation is 1. The number of H-pyrrole nitrogens is 1. The van der Waals surface area contributed by atoms with Crippen molar-refractivity contribution in [3.63, 3.8) is 0 Å². The number of aromatic nitrogens is 4. The lowest BCUT2D eigenvalue weighted by molar-refractivity contribution is -0.130. The second kappa shape index (κ2) is 7.67. The minimum absolute atomic E-state index is 0.173. The number of anilines is 1. The Hall–Kier alpha value is -3.61. The minimum atomic E-state index is 0.173. The van der Waals surface area contributed by atoms with E-state index in [2.05, 4.69) is 25.9 Å². The zero-order valence-electron chi connectivity index (χ0n) is 17.0. The summed E-state index contributed by atoms with van der Waals surface area (Å²) in [6.45, 7) is 4.84. The van der Waals surface area contributed by atoms with E-state index < -0.39 is 0 Å². The van der Waals surface area contributed by atoms with Crippen LogP contribution in [0.2, 0.25) is 0 Å². The molecule has 1 aromatic carbocycles. The van der Waals surface area contributed by atoms with E-state index in [-0.39, 0.29) is 5.91 Å². The molecule has 0 radical (unpaired) electrons. The van der Waals surface area contributed by atoms with Gasteiger partial charge in [-0.05, 0) is 30.7 Å². The van der Waals surface area contributed by atoms with Crippen LogP contribution in [0.1, 0.15) is 11.4 Å². The molecule has 30 heavy (non-hydrogen) atoms. The third kappa shape index (κ3) is 3.54. The third-order valence-corrected chi connectivity index (χ3v) is 5.65. The molecule has 1 aliphatic rings. The second-order valence-corrected chi connectivity index (χ2v) is 7.63. The maximum Gasteiger partial charge on any atom is 0.227 e. The van der Waals surface area contributed by atoms with Crippen molar-refractivity contribution < 1.29 is 4.79 Å². The zero-order valence-corrected chi connectivity index (χ0v) is 17.0. The zero-order chi connectivity index (χ0) is 20.5. The number of carbonyl (C=O) groups excluding carboxylic acids is 1. The number of carbonyl (C=O) groups is 1. The predicted octanol–water partition coefficient (Wildman–Crippen LogP) is 2.95. The lowest BCUT2D eigenvalue weighted by atomic mass is 10.1. The van der Waals surface area contributed by atoms with E-state index in [4.69, 9.17) is 0 Å². The van der Waals surface area contributed by atoms with Crippen molar-refractivity contribution in [2.75, 3.05) is 31.1 Å². The molecular formula is C23H24N6O. The SMILES string of the molecule is Cc1nc(N2CCN(C(=O)Cc3c[nH]c4ccccc34)CC2)cc(-n2cccc2)n1. The van der Waals surface area contributed by atoms with Gasteiger partial charge in [-0.3, -0.25) is 4.79 Å². The fraction of sp³-hybridized carbons (Fsp3) is 0.261. The summed E-state index contributed by atoms with van der Waals surface area (Å²) in [5.74, 6) is 2.69. The Morgan fingerprint density at radius 2 is 1.73 bits per heavy atom. The average molecular weight is 400 g/mol. The molecule has 4 aromatic rings. The van der Waals surface area contributed by atoms with Gasteiger partial charge in [0.1, 0.15) is 17.5 Å². The lowest BCUT2D eigenvalue weighted by Crippen LogP contribution is -2.49. The molecule has 0 bridgehead atoms. The Morgan fingerprint density at radius 1 is 1.00 bits per heavy atom. The summed E-state index contributed by atoms with van der Waals surface area (Å²) in [4.78, 5) is 29.5. The summed E-state index contributed by atoms with van der Waals surface area (Å²) in [6, 6.07) is 14.1. The Balaban J connectivity index is 1.26. The number of benzene rings is 1. The van der Waals surface area contributed by atoms with Crippen LogP contribution in [0.3, 0.4) is 0 Å². The largest absolute Gasteiger partial charge is 0.361 e. The van der Waals surface area contributed by atoms with Crippen molar-refractivity contribution in [2.45, 2.75) is 13.3 Å². The highest BCUT2D eigenvalue weighted by Crippen LogP contribution is 2.21. The van der Waals surface area contributed by atoms with Gasteiger partial charge >= 0.3 is 0 Å². The molecule has 0 atom stereocenters. The number of aromatic amines is 1. The number of para-hydroxylation sites is 1. The summed E-state index contributed by atoms with van der Waals surface area (Å²) in [5.41, 5.74) is 2.13. The van der Waals surface area contributed by atoms with Crippen LogP contribution < -0.4 is 4.90 Å². The topological polar surface area (TPSA) is 70.1 Å². The van der Waals surface area contributed by atoms with Crippen LogP contribution in [0.4, 0.5) is 5.82 Å². The van der Waals surface area contributed by atoms with E-state index in [1.54, 1.807) is 0 Å². The fourth-order valence-corrected chi connectivity index (χ4v) is 4.06. The Labute approximate surface area is 175 Å². The number of hydrogen-bond donors (Lipinski definition) is 1. The molecule has 1 amide bonds. The highest BCUT2D eigenvalue weighted by molar-refractivity contribution is 5.89. The maximum absolute atomic E-state index is 12.9. The molecule has 0 saturated carbocycles. The van der Waals surface area contributed by atoms with Crippen molar-refractivity contribution in [2.24, 2.45) is 0 Å². The molecular weight excluding hydrogens is 376 g/mol. The lowest BCUT2D eigenvalue weighted by Gasteiger charge is -2.35. The number of piperazine rings is 1. The molecule has 1 N–H and O–H groups in total. The van der Waals surface area contributed by atoms with Crippen LogP contribution in [0.5, 0.6) is 0 Å². The molecule has 1 aliphatic heterocycles. The van der Waals surface area contributed by atoms with E-state index in [0.29, 0.717) is 19.5 Å². The average Bonchev–Trinajstić information content (AvgIpc) is 3.44. The minimum Gasteiger partial charge on any atom is -0.361 e. The number of rotatable bonds is 4. The van der Waals surface area contributed by atoms with Crippen molar-refractivity contribution in [3.8, 4) is 5.82 Å². The number of fused-ring (bicyclic) bond motifs is 1. The standard InChI is InChI=1S/C23H24N6O/c1-17-25-21(27-8-4-5-9-27)15-22(26-17)28-10-12-29(13-11-28)23(30)14-18-16-24-20-7-3-2-6-19(18)20/h2-9,15-16,24H,10-14H2,1H3. The summed E-state index contributed by atoms with van der Waals surface area (Å²) >= 11 is 0. The first-order valence-corrected chi connectivity index (χ1v) is 10.2. The van der Waals surface area contributed by atoms with Crippen LogP contribution in [0.15, 0.2) is 61.1 Å². The van der Waals surface area contributed by atoms with Gasteiger partial charge in [-0.1, -0.05) is 18.2 Å². The number of hydrogen-bond acceptors (Lipinski definition) is 4. The highest BCUT2D eigenvalue weighted by Gasteiger charge is 2.23. The third-order valence-electron chi connectivity index (χ3n) is 5.65. The van der Waals surface area contributed by atoms with Crippen molar-refractivity contribution in [3.05, 3.63) is 72.4 Å².